The first-order chi connectivity index (χ1) is 9.52. The molecule has 7 heteroatoms. The third-order valence-electron chi connectivity index (χ3n) is 2.96. The highest BCUT2D eigenvalue weighted by atomic mass is 16.6. The van der Waals surface area contributed by atoms with E-state index in [-0.39, 0.29) is 17.4 Å². The molecule has 1 unspecified atom stereocenters. The SMILES string of the molecule is CCCC(O)c1noc(-c2cc([N+](=O)[O-])ccc2C)n1. The van der Waals surface area contributed by atoms with Gasteiger partial charge in [0, 0.05) is 17.7 Å². The maximum Gasteiger partial charge on any atom is 0.270 e. The van der Waals surface area contributed by atoms with Gasteiger partial charge in [-0.05, 0) is 18.9 Å². The molecule has 0 fully saturated rings. The molecule has 0 aliphatic heterocycles. The Kier molecular flexibility index (Phi) is 4.09. The summed E-state index contributed by atoms with van der Waals surface area (Å²) in [7, 11) is 0. The highest BCUT2D eigenvalue weighted by molar-refractivity contribution is 5.62. The number of nitro groups is 1. The molecule has 1 heterocycles. The minimum absolute atomic E-state index is 0.0422. The number of rotatable bonds is 5. The van der Waals surface area contributed by atoms with Crippen molar-refractivity contribution in [1.29, 1.82) is 0 Å². The van der Waals surface area contributed by atoms with Crippen LogP contribution in [0.4, 0.5) is 5.69 Å². The summed E-state index contributed by atoms with van der Waals surface area (Å²) in [4.78, 5) is 14.4. The lowest BCUT2D eigenvalue weighted by Gasteiger charge is -2.02. The molecule has 7 nitrogen and oxygen atoms in total. The summed E-state index contributed by atoms with van der Waals surface area (Å²) < 4.78 is 5.09. The monoisotopic (exact) mass is 277 g/mol. The smallest absolute Gasteiger partial charge is 0.270 e. The van der Waals surface area contributed by atoms with Crippen LogP contribution in [0.25, 0.3) is 11.5 Å². The van der Waals surface area contributed by atoms with Crippen molar-refractivity contribution in [2.45, 2.75) is 32.8 Å². The van der Waals surface area contributed by atoms with E-state index < -0.39 is 11.0 Å². The van der Waals surface area contributed by atoms with E-state index >= 15 is 0 Å². The first kappa shape index (κ1) is 14.1. The Labute approximate surface area is 115 Å². The van der Waals surface area contributed by atoms with Crippen molar-refractivity contribution in [3.05, 3.63) is 39.7 Å². The van der Waals surface area contributed by atoms with Crippen molar-refractivity contribution in [3.63, 3.8) is 0 Å². The molecule has 1 aromatic heterocycles. The molecule has 0 amide bonds. The van der Waals surface area contributed by atoms with Crippen molar-refractivity contribution in [1.82, 2.24) is 10.1 Å². The van der Waals surface area contributed by atoms with Crippen LogP contribution >= 0.6 is 0 Å². The number of nitrogens with zero attached hydrogens (tertiary/aromatic N) is 3. The fourth-order valence-electron chi connectivity index (χ4n) is 1.84. The van der Waals surface area contributed by atoms with Crippen LogP contribution in [-0.4, -0.2) is 20.2 Å². The maximum atomic E-state index is 10.8. The molecule has 1 atom stereocenters. The van der Waals surface area contributed by atoms with Gasteiger partial charge in [-0.1, -0.05) is 24.6 Å². The second-order valence-electron chi connectivity index (χ2n) is 4.52. The molecular weight excluding hydrogens is 262 g/mol. The van der Waals surface area contributed by atoms with E-state index in [1.165, 1.54) is 12.1 Å². The van der Waals surface area contributed by atoms with Gasteiger partial charge >= 0.3 is 0 Å². The van der Waals surface area contributed by atoms with Crippen LogP contribution in [0, 0.1) is 17.0 Å². The predicted octanol–water partition coefficient (Wildman–Crippen LogP) is 2.79. The molecule has 20 heavy (non-hydrogen) atoms. The molecule has 1 N–H and O–H groups in total. The molecular formula is C13H15N3O4. The topological polar surface area (TPSA) is 102 Å². The molecule has 0 spiro atoms. The molecule has 0 radical (unpaired) electrons. The van der Waals surface area contributed by atoms with E-state index in [0.717, 1.165) is 12.0 Å². The molecule has 0 bridgehead atoms. The van der Waals surface area contributed by atoms with Crippen LogP contribution in [0.2, 0.25) is 0 Å². The Morgan fingerprint density at radius 2 is 2.25 bits per heavy atom. The van der Waals surface area contributed by atoms with E-state index in [1.54, 1.807) is 13.0 Å². The molecule has 0 aliphatic rings. The zero-order valence-corrected chi connectivity index (χ0v) is 11.2. The largest absolute Gasteiger partial charge is 0.385 e. The number of non-ortho nitro benzene ring substituents is 1. The fourth-order valence-corrected chi connectivity index (χ4v) is 1.84. The van der Waals surface area contributed by atoms with Crippen molar-refractivity contribution in [3.8, 4) is 11.5 Å². The number of hydrogen-bond acceptors (Lipinski definition) is 6. The van der Waals surface area contributed by atoms with Gasteiger partial charge in [-0.15, -0.1) is 0 Å². The lowest BCUT2D eigenvalue weighted by Crippen LogP contribution is -1.99. The van der Waals surface area contributed by atoms with Crippen molar-refractivity contribution in [2.24, 2.45) is 0 Å². The van der Waals surface area contributed by atoms with Crippen LogP contribution in [-0.2, 0) is 0 Å². The molecule has 106 valence electrons. The molecule has 2 rings (SSSR count). The van der Waals surface area contributed by atoms with E-state index in [4.69, 9.17) is 4.52 Å². The first-order valence-corrected chi connectivity index (χ1v) is 6.30. The van der Waals surface area contributed by atoms with Gasteiger partial charge < -0.3 is 9.63 Å². The lowest BCUT2D eigenvalue weighted by molar-refractivity contribution is -0.384. The summed E-state index contributed by atoms with van der Waals surface area (Å²) in [6, 6.07) is 4.43. The molecule has 0 saturated heterocycles. The number of aliphatic hydroxyl groups excluding tert-OH is 1. The minimum atomic E-state index is -0.781. The van der Waals surface area contributed by atoms with Crippen LogP contribution in [0.3, 0.4) is 0 Å². The Morgan fingerprint density at radius 3 is 2.90 bits per heavy atom. The number of aromatic nitrogens is 2. The van der Waals surface area contributed by atoms with Crippen LogP contribution in [0.1, 0.15) is 37.3 Å². The molecule has 1 aromatic carbocycles. The first-order valence-electron chi connectivity index (χ1n) is 6.30. The number of nitro benzene ring substituents is 1. The second kappa shape index (κ2) is 5.79. The van der Waals surface area contributed by atoms with Crippen molar-refractivity contribution in [2.75, 3.05) is 0 Å². The van der Waals surface area contributed by atoms with Gasteiger partial charge in [0.2, 0.25) is 5.82 Å². The summed E-state index contributed by atoms with van der Waals surface area (Å²) in [6.45, 7) is 3.74. The number of benzene rings is 1. The van der Waals surface area contributed by atoms with Gasteiger partial charge in [0.1, 0.15) is 6.10 Å². The van der Waals surface area contributed by atoms with Crippen LogP contribution in [0.5, 0.6) is 0 Å². The van der Waals surface area contributed by atoms with Gasteiger partial charge in [-0.25, -0.2) is 0 Å². The summed E-state index contributed by atoms with van der Waals surface area (Å²) in [5.41, 5.74) is 1.25. The highest BCUT2D eigenvalue weighted by Gasteiger charge is 2.18. The van der Waals surface area contributed by atoms with Gasteiger partial charge in [0.15, 0.2) is 0 Å². The zero-order valence-electron chi connectivity index (χ0n) is 11.2. The number of hydrogen-bond donors (Lipinski definition) is 1. The fraction of sp³-hybridized carbons (Fsp3) is 0.385. The minimum Gasteiger partial charge on any atom is -0.385 e. The molecule has 0 saturated carbocycles. The van der Waals surface area contributed by atoms with Crippen molar-refractivity contribution >= 4 is 5.69 Å². The quantitative estimate of drug-likeness (QED) is 0.665. The molecule has 0 aliphatic carbocycles. The normalized spacial score (nSPS) is 12.3. The van der Waals surface area contributed by atoms with Crippen LogP contribution in [0.15, 0.2) is 22.7 Å². The second-order valence-corrected chi connectivity index (χ2v) is 4.52. The summed E-state index contributed by atoms with van der Waals surface area (Å²) >= 11 is 0. The average Bonchev–Trinajstić information content (AvgIpc) is 2.88. The summed E-state index contributed by atoms with van der Waals surface area (Å²) in [5.74, 6) is 0.379. The van der Waals surface area contributed by atoms with Crippen molar-refractivity contribution < 1.29 is 14.6 Å². The Hall–Kier alpha value is -2.28. The van der Waals surface area contributed by atoms with Gasteiger partial charge in [-0.2, -0.15) is 4.98 Å². The van der Waals surface area contributed by atoms with Crippen LogP contribution < -0.4 is 0 Å². The lowest BCUT2D eigenvalue weighted by atomic mass is 10.1. The maximum absolute atomic E-state index is 10.8. The predicted molar refractivity (Wildman–Crippen MR) is 71.0 cm³/mol. The average molecular weight is 277 g/mol. The van der Waals surface area contributed by atoms with Gasteiger partial charge in [0.05, 0.1) is 4.92 Å². The molecule has 2 aromatic rings. The van der Waals surface area contributed by atoms with E-state index in [2.05, 4.69) is 10.1 Å². The summed E-state index contributed by atoms with van der Waals surface area (Å²) in [5, 5.41) is 24.3. The Balaban J connectivity index is 2.36. The summed E-state index contributed by atoms with van der Waals surface area (Å²) in [6.07, 6.45) is 0.546. The van der Waals surface area contributed by atoms with E-state index in [1.807, 2.05) is 6.92 Å². The van der Waals surface area contributed by atoms with Gasteiger partial charge in [-0.3, -0.25) is 10.1 Å². The number of aliphatic hydroxyl groups is 1. The standard InChI is InChI=1S/C13H15N3O4/c1-3-4-11(17)12-14-13(20-15-12)10-7-9(16(18)19)6-5-8(10)2/h5-7,11,17H,3-4H2,1-2H3. The Bertz CT molecular complexity index is 624. The number of aryl methyl sites for hydroxylation is 1. The highest BCUT2D eigenvalue weighted by Crippen LogP contribution is 2.27. The van der Waals surface area contributed by atoms with E-state index in [0.29, 0.717) is 12.0 Å². The van der Waals surface area contributed by atoms with Gasteiger partial charge in [0.25, 0.3) is 11.6 Å². The third kappa shape index (κ3) is 2.83. The Morgan fingerprint density at radius 1 is 1.50 bits per heavy atom. The third-order valence-corrected chi connectivity index (χ3v) is 2.96. The van der Waals surface area contributed by atoms with E-state index in [9.17, 15) is 15.2 Å². The zero-order chi connectivity index (χ0) is 14.7.